The van der Waals surface area contributed by atoms with Gasteiger partial charge in [-0.15, -0.1) is 29.1 Å². The van der Waals surface area contributed by atoms with Crippen molar-refractivity contribution in [2.45, 2.75) is 106 Å². The van der Waals surface area contributed by atoms with Gasteiger partial charge in [0.2, 0.25) is 0 Å². The van der Waals surface area contributed by atoms with Crippen LogP contribution in [-0.2, 0) is 36.7 Å². The minimum absolute atomic E-state index is 0. The fourth-order valence-electron chi connectivity index (χ4n) is 9.03. The first kappa shape index (κ1) is 46.7. The second-order valence-electron chi connectivity index (χ2n) is 18.3. The normalized spacial score (nSPS) is 14.1. The van der Waals surface area contributed by atoms with E-state index in [0.717, 1.165) is 31.5 Å². The number of unbranched alkanes of at least 4 members (excludes halogenated alkanes) is 1. The van der Waals surface area contributed by atoms with Gasteiger partial charge in [0.05, 0.1) is 5.76 Å². The Hall–Kier alpha value is -4.84. The molecule has 6 aromatic carbocycles. The van der Waals surface area contributed by atoms with E-state index < -0.39 is 17.4 Å². The number of fused-ring (bicyclic) bond motifs is 10. The molecule has 7 aromatic rings. The number of rotatable bonds is 10. The zero-order valence-corrected chi connectivity index (χ0v) is 39.7. The number of ketones is 1. The average Bonchev–Trinajstić information content (AvgIpc) is 3.47. The molecule has 325 valence electrons. The molecule has 7 heteroatoms. The number of halogens is 3. The Morgan fingerprint density at radius 2 is 1.53 bits per heavy atom. The summed E-state index contributed by atoms with van der Waals surface area (Å²) >= 11 is 0. The molecule has 0 bridgehead atoms. The molecule has 1 aliphatic rings. The summed E-state index contributed by atoms with van der Waals surface area (Å²) in [4.78, 5) is 16.3. The number of hydrogen-bond donors (Lipinski definition) is 1. The van der Waals surface area contributed by atoms with Crippen LogP contribution < -0.4 is 0 Å². The van der Waals surface area contributed by atoms with Gasteiger partial charge < -0.3 is 5.11 Å². The molecule has 1 N–H and O–H groups in total. The monoisotopic (exact) mass is 1010 g/mol. The third-order valence-corrected chi connectivity index (χ3v) is 13.1. The van der Waals surface area contributed by atoms with Crippen LogP contribution in [0, 0.1) is 30.2 Å². The van der Waals surface area contributed by atoms with Crippen molar-refractivity contribution < 1.29 is 43.2 Å². The molecule has 1 unspecified atom stereocenters. The van der Waals surface area contributed by atoms with Crippen molar-refractivity contribution in [2.75, 3.05) is 0 Å². The van der Waals surface area contributed by atoms with E-state index >= 15 is 0 Å². The maximum Gasteiger partial charge on any atom is 0.401 e. The van der Waals surface area contributed by atoms with Crippen LogP contribution in [0.2, 0.25) is 0 Å². The summed E-state index contributed by atoms with van der Waals surface area (Å²) in [6.07, 6.45) is 4.18. The van der Waals surface area contributed by atoms with Crippen LogP contribution in [-0.4, -0.2) is 22.1 Å². The molecule has 8 rings (SSSR count). The number of pyridine rings is 1. The smallest absolute Gasteiger partial charge is 0.401 e. The number of aliphatic hydroxyl groups excluding tert-OH is 1. The fraction of sp³-hybridized carbons (Fsp3) is 0.345. The number of allylic oxidation sites excluding steroid dienone is 2. The average molecular weight is 1010 g/mol. The van der Waals surface area contributed by atoms with Crippen LogP contribution in [0.25, 0.3) is 65.5 Å². The molecule has 3 nitrogen and oxygen atoms in total. The molecule has 1 atom stereocenters. The van der Waals surface area contributed by atoms with Crippen LogP contribution >= 0.6 is 0 Å². The molecular weight excluding hydrogens is 956 g/mol. The zero-order chi connectivity index (χ0) is 44.0. The summed E-state index contributed by atoms with van der Waals surface area (Å²) in [6.45, 7) is 16.4. The van der Waals surface area contributed by atoms with Crippen LogP contribution in [0.15, 0.2) is 109 Å². The van der Waals surface area contributed by atoms with Crippen molar-refractivity contribution in [3.8, 4) is 22.4 Å². The van der Waals surface area contributed by atoms with E-state index in [1.807, 2.05) is 6.20 Å². The standard InChI is InChI=1S/C45H42N.C10H15F3O2.Ir/c1-6-8-11-29(7-2)25-32-27-33(26-31-24-28(3)14-16-34(31)32)44-39-19-18-38-36(37(39)22-23-46-44)17-20-40-42-35-13-10-9-12-30(35)15-21-41(42)45(4,5)43(38)40;1-6(2)7(14)5-8(15)9(3,4)10(11,12)13;/h9-10,12-24,27,29H,6-8,11,25H2,1-5H3;5-6,14H,1-4H3;/q-1;;/b;7-5-;. The Morgan fingerprint density at radius 1 is 0.855 bits per heavy atom. The van der Waals surface area contributed by atoms with Crippen LogP contribution in [0.4, 0.5) is 13.2 Å². The molecule has 62 heavy (non-hydrogen) atoms. The maximum absolute atomic E-state index is 12.4. The number of aromatic nitrogens is 1. The molecule has 0 saturated carbocycles. The SMILES string of the molecule is CC(C)/C(O)=C/C(=O)C(C)(C)C(F)(F)F.CCCCC(CC)Cc1cc(-c2nccc3c2ccc2c4c(ccc23)-c2c(ccc3ccccc23)C4(C)C)[c-]c2cc(C)ccc12.[Ir]. The number of nitrogens with zero attached hydrogens (tertiary/aromatic N) is 1. The van der Waals surface area contributed by atoms with E-state index in [9.17, 15) is 23.1 Å². The largest absolute Gasteiger partial charge is 0.512 e. The molecule has 0 fully saturated rings. The fourth-order valence-corrected chi connectivity index (χ4v) is 9.03. The first-order valence-corrected chi connectivity index (χ1v) is 21.7. The van der Waals surface area contributed by atoms with E-state index in [2.05, 4.69) is 132 Å². The van der Waals surface area contributed by atoms with Gasteiger partial charge in [0, 0.05) is 49.4 Å². The van der Waals surface area contributed by atoms with Gasteiger partial charge in [-0.3, -0.25) is 9.78 Å². The van der Waals surface area contributed by atoms with Gasteiger partial charge in [0.1, 0.15) is 5.41 Å². The number of benzene rings is 6. The predicted octanol–water partition coefficient (Wildman–Crippen LogP) is 15.8. The van der Waals surface area contributed by atoms with Crippen LogP contribution in [0.3, 0.4) is 0 Å². The molecule has 1 aromatic heterocycles. The van der Waals surface area contributed by atoms with Crippen molar-refractivity contribution in [3.63, 3.8) is 0 Å². The Balaban J connectivity index is 0.000000346. The summed E-state index contributed by atoms with van der Waals surface area (Å²) in [6, 6.07) is 38.1. The van der Waals surface area contributed by atoms with Gasteiger partial charge in [-0.25, -0.2) is 0 Å². The number of hydrogen-bond acceptors (Lipinski definition) is 3. The van der Waals surface area contributed by atoms with Gasteiger partial charge in [-0.1, -0.05) is 157 Å². The predicted molar refractivity (Wildman–Crippen MR) is 248 cm³/mol. The van der Waals surface area contributed by atoms with Gasteiger partial charge >= 0.3 is 6.18 Å². The summed E-state index contributed by atoms with van der Waals surface area (Å²) < 4.78 is 37.2. The molecule has 0 saturated heterocycles. The Morgan fingerprint density at radius 3 is 2.23 bits per heavy atom. The van der Waals surface area contributed by atoms with Crippen molar-refractivity contribution in [1.29, 1.82) is 0 Å². The molecule has 1 aliphatic carbocycles. The van der Waals surface area contributed by atoms with Gasteiger partial charge in [-0.2, -0.15) is 13.2 Å². The number of carbonyl (C=O) groups is 1. The first-order valence-electron chi connectivity index (χ1n) is 21.7. The number of aryl methyl sites for hydroxylation is 1. The second kappa shape index (κ2) is 18.1. The van der Waals surface area contributed by atoms with Gasteiger partial charge in [0.25, 0.3) is 0 Å². The van der Waals surface area contributed by atoms with Crippen molar-refractivity contribution in [3.05, 3.63) is 137 Å². The maximum atomic E-state index is 12.4. The number of aliphatic hydroxyl groups is 1. The Labute approximate surface area is 378 Å². The molecule has 0 aliphatic heterocycles. The van der Waals surface area contributed by atoms with E-state index in [1.54, 1.807) is 13.8 Å². The van der Waals surface area contributed by atoms with Crippen molar-refractivity contribution in [2.24, 2.45) is 17.3 Å². The Bertz CT molecular complexity index is 2830. The third kappa shape index (κ3) is 8.60. The topological polar surface area (TPSA) is 50.2 Å². The van der Waals surface area contributed by atoms with E-state index in [4.69, 9.17) is 4.98 Å². The van der Waals surface area contributed by atoms with Gasteiger partial charge in [0.15, 0.2) is 5.78 Å². The summed E-state index contributed by atoms with van der Waals surface area (Å²) in [5.41, 5.74) is 7.89. The van der Waals surface area contributed by atoms with E-state index in [1.165, 1.54) is 102 Å². The quantitative estimate of drug-likeness (QED) is 0.0643. The van der Waals surface area contributed by atoms with Crippen molar-refractivity contribution >= 4 is 48.9 Å². The Kier molecular flexibility index (Phi) is 13.6. The number of alkyl halides is 3. The molecule has 0 spiro atoms. The number of carbonyl (C=O) groups excluding carboxylic acids is 1. The summed E-state index contributed by atoms with van der Waals surface area (Å²) in [5.74, 6) is -1.15. The third-order valence-electron chi connectivity index (χ3n) is 13.1. The molecule has 1 radical (unpaired) electrons. The van der Waals surface area contributed by atoms with Crippen LogP contribution in [0.5, 0.6) is 0 Å². The molecule has 0 amide bonds. The summed E-state index contributed by atoms with van der Waals surface area (Å²) in [7, 11) is 0. The first-order chi connectivity index (χ1) is 28.9. The zero-order valence-electron chi connectivity index (χ0n) is 37.3. The summed E-state index contributed by atoms with van der Waals surface area (Å²) in [5, 5.41) is 19.5. The van der Waals surface area contributed by atoms with Crippen LogP contribution in [0.1, 0.15) is 103 Å². The van der Waals surface area contributed by atoms with Gasteiger partial charge in [-0.05, 0) is 93.7 Å². The van der Waals surface area contributed by atoms with E-state index in [0.29, 0.717) is 12.0 Å². The minimum Gasteiger partial charge on any atom is -0.512 e. The molecule has 1 heterocycles. The molecular formula is C55H57F3IrNO2-. The second-order valence-corrected chi connectivity index (χ2v) is 18.3. The van der Waals surface area contributed by atoms with Crippen molar-refractivity contribution in [1.82, 2.24) is 4.98 Å². The minimum atomic E-state index is -4.61. The van der Waals surface area contributed by atoms with E-state index in [-0.39, 0.29) is 37.2 Å².